The number of benzene rings is 1. The number of rotatable bonds is 5. The Morgan fingerprint density at radius 3 is 2.85 bits per heavy atom. The van der Waals surface area contributed by atoms with Gasteiger partial charge in [0, 0.05) is 6.08 Å². The van der Waals surface area contributed by atoms with Crippen molar-refractivity contribution in [1.82, 2.24) is 20.2 Å². The maximum absolute atomic E-state index is 11.4. The van der Waals surface area contributed by atoms with Crippen molar-refractivity contribution in [2.45, 2.75) is 13.5 Å². The highest BCUT2D eigenvalue weighted by molar-refractivity contribution is 5.82. The molecule has 6 nitrogen and oxygen atoms in total. The number of allylic oxidation sites excluding steroid dienone is 3. The molecule has 1 aromatic carbocycles. The van der Waals surface area contributed by atoms with E-state index in [1.54, 1.807) is 12.2 Å². The van der Waals surface area contributed by atoms with Crippen LogP contribution < -0.4 is 0 Å². The van der Waals surface area contributed by atoms with E-state index in [0.29, 0.717) is 5.82 Å². The van der Waals surface area contributed by atoms with Gasteiger partial charge >= 0.3 is 5.97 Å². The molecule has 0 fully saturated rings. The molecule has 1 aromatic heterocycles. The quantitative estimate of drug-likeness (QED) is 0.471. The monoisotopic (exact) mass is 270 g/mol. The summed E-state index contributed by atoms with van der Waals surface area (Å²) in [4.78, 5) is 11.4. The Morgan fingerprint density at radius 2 is 2.10 bits per heavy atom. The minimum absolute atomic E-state index is 0.0148. The van der Waals surface area contributed by atoms with E-state index in [0.717, 1.165) is 5.69 Å². The highest BCUT2D eigenvalue weighted by atomic mass is 16.5. The van der Waals surface area contributed by atoms with Gasteiger partial charge < -0.3 is 4.74 Å². The van der Waals surface area contributed by atoms with Gasteiger partial charge in [-0.25, -0.2) is 4.79 Å². The molecule has 0 aliphatic carbocycles. The maximum Gasteiger partial charge on any atom is 0.331 e. The van der Waals surface area contributed by atoms with Gasteiger partial charge in [0.05, 0.1) is 5.69 Å². The Hall–Kier alpha value is -2.76. The van der Waals surface area contributed by atoms with Gasteiger partial charge in [-0.3, -0.25) is 0 Å². The Morgan fingerprint density at radius 1 is 1.30 bits per heavy atom. The molecule has 20 heavy (non-hydrogen) atoms. The number of tetrazole rings is 1. The Kier molecular flexibility index (Phi) is 4.77. The predicted octanol–water partition coefficient (Wildman–Crippen LogP) is 1.84. The predicted molar refractivity (Wildman–Crippen MR) is 72.9 cm³/mol. The summed E-state index contributed by atoms with van der Waals surface area (Å²) in [6.45, 7) is 1.88. The lowest BCUT2D eigenvalue weighted by Gasteiger charge is -2.04. The number of hydrogen-bond donors (Lipinski definition) is 0. The SMILES string of the molecule is C/C=C/C=C/C(=O)OCc1nnnn1-c1ccccc1. The van der Waals surface area contributed by atoms with E-state index in [4.69, 9.17) is 4.74 Å². The number of ether oxygens (including phenoxy) is 1. The average molecular weight is 270 g/mol. The fourth-order valence-corrected chi connectivity index (χ4v) is 1.49. The lowest BCUT2D eigenvalue weighted by Crippen LogP contribution is -2.08. The number of nitrogens with zero attached hydrogens (tertiary/aromatic N) is 4. The first kappa shape index (κ1) is 13.7. The molecule has 0 bridgehead atoms. The number of esters is 1. The zero-order chi connectivity index (χ0) is 14.2. The van der Waals surface area contributed by atoms with Gasteiger partial charge in [-0.2, -0.15) is 4.68 Å². The minimum Gasteiger partial charge on any atom is -0.454 e. The van der Waals surface area contributed by atoms with Crippen LogP contribution in [0, 0.1) is 0 Å². The molecule has 1 heterocycles. The van der Waals surface area contributed by atoms with Crippen LogP contribution in [-0.2, 0) is 16.1 Å². The van der Waals surface area contributed by atoms with Crippen molar-refractivity contribution in [2.24, 2.45) is 0 Å². The zero-order valence-corrected chi connectivity index (χ0v) is 11.0. The second kappa shape index (κ2) is 6.98. The third-order valence-corrected chi connectivity index (χ3v) is 2.41. The summed E-state index contributed by atoms with van der Waals surface area (Å²) in [5.74, 6) is 0.0229. The summed E-state index contributed by atoms with van der Waals surface area (Å²) in [6.07, 6.45) is 6.52. The van der Waals surface area contributed by atoms with Crippen LogP contribution in [0.4, 0.5) is 0 Å². The van der Waals surface area contributed by atoms with Crippen molar-refractivity contribution in [2.75, 3.05) is 0 Å². The lowest BCUT2D eigenvalue weighted by atomic mass is 10.3. The molecule has 0 unspecified atom stereocenters. The molecule has 0 saturated heterocycles. The number of carbonyl (C=O) groups is 1. The van der Waals surface area contributed by atoms with Crippen LogP contribution in [0.2, 0.25) is 0 Å². The fourth-order valence-electron chi connectivity index (χ4n) is 1.49. The smallest absolute Gasteiger partial charge is 0.331 e. The molecule has 6 heteroatoms. The molecule has 0 saturated carbocycles. The Labute approximate surface area is 116 Å². The molecular formula is C14H14N4O2. The van der Waals surface area contributed by atoms with Crippen molar-refractivity contribution in [3.05, 3.63) is 60.5 Å². The summed E-state index contributed by atoms with van der Waals surface area (Å²) >= 11 is 0. The first-order valence-electron chi connectivity index (χ1n) is 6.10. The standard InChI is InChI=1S/C14H14N4O2/c1-2-3-5-10-14(19)20-11-13-15-16-17-18(13)12-8-6-4-7-9-12/h2-10H,11H2,1H3/b3-2+,10-5+. The van der Waals surface area contributed by atoms with E-state index >= 15 is 0 Å². The van der Waals surface area contributed by atoms with E-state index in [9.17, 15) is 4.79 Å². The molecule has 0 N–H and O–H groups in total. The van der Waals surface area contributed by atoms with Crippen LogP contribution in [0.1, 0.15) is 12.7 Å². The van der Waals surface area contributed by atoms with Gasteiger partial charge in [0.2, 0.25) is 0 Å². The highest BCUT2D eigenvalue weighted by Crippen LogP contribution is 2.07. The van der Waals surface area contributed by atoms with Crippen molar-refractivity contribution in [1.29, 1.82) is 0 Å². The largest absolute Gasteiger partial charge is 0.454 e. The fraction of sp³-hybridized carbons (Fsp3) is 0.143. The van der Waals surface area contributed by atoms with Crippen LogP contribution in [0.5, 0.6) is 0 Å². The van der Waals surface area contributed by atoms with Crippen molar-refractivity contribution in [3.8, 4) is 5.69 Å². The topological polar surface area (TPSA) is 69.9 Å². The second-order valence-electron chi connectivity index (χ2n) is 3.84. The lowest BCUT2D eigenvalue weighted by molar-refractivity contribution is -0.139. The number of para-hydroxylation sites is 1. The van der Waals surface area contributed by atoms with E-state index in [1.165, 1.54) is 10.8 Å². The van der Waals surface area contributed by atoms with Crippen molar-refractivity contribution in [3.63, 3.8) is 0 Å². The molecule has 0 aliphatic heterocycles. The summed E-state index contributed by atoms with van der Waals surface area (Å²) in [5.41, 5.74) is 0.813. The molecule has 0 aliphatic rings. The molecule has 2 rings (SSSR count). The van der Waals surface area contributed by atoms with Crippen LogP contribution in [-0.4, -0.2) is 26.2 Å². The number of hydrogen-bond acceptors (Lipinski definition) is 5. The summed E-state index contributed by atoms with van der Waals surface area (Å²) in [6, 6.07) is 9.40. The van der Waals surface area contributed by atoms with Gasteiger partial charge in [0.1, 0.15) is 0 Å². The minimum atomic E-state index is -0.439. The van der Waals surface area contributed by atoms with E-state index in [2.05, 4.69) is 15.5 Å². The first-order valence-corrected chi connectivity index (χ1v) is 6.10. The van der Waals surface area contributed by atoms with Crippen LogP contribution in [0.3, 0.4) is 0 Å². The summed E-state index contributed by atoms with van der Waals surface area (Å²) in [5, 5.41) is 11.3. The third-order valence-electron chi connectivity index (χ3n) is 2.41. The molecule has 0 radical (unpaired) electrons. The van der Waals surface area contributed by atoms with Crippen molar-refractivity contribution >= 4 is 5.97 Å². The van der Waals surface area contributed by atoms with Crippen LogP contribution in [0.15, 0.2) is 54.6 Å². The molecule has 102 valence electrons. The first-order chi connectivity index (χ1) is 9.81. The van der Waals surface area contributed by atoms with Gasteiger partial charge in [-0.05, 0) is 29.5 Å². The molecule has 0 amide bonds. The summed E-state index contributed by atoms with van der Waals surface area (Å²) in [7, 11) is 0. The van der Waals surface area contributed by atoms with E-state index < -0.39 is 5.97 Å². The third kappa shape index (κ3) is 3.61. The summed E-state index contributed by atoms with van der Waals surface area (Å²) < 4.78 is 6.60. The normalized spacial score (nSPS) is 11.2. The Balaban J connectivity index is 2.01. The zero-order valence-electron chi connectivity index (χ0n) is 11.0. The maximum atomic E-state index is 11.4. The Bertz CT molecular complexity index is 617. The molecule has 0 spiro atoms. The highest BCUT2D eigenvalue weighted by Gasteiger charge is 2.09. The molecular weight excluding hydrogens is 256 g/mol. The van der Waals surface area contributed by atoms with Gasteiger partial charge in [-0.15, -0.1) is 5.10 Å². The van der Waals surface area contributed by atoms with Crippen LogP contribution >= 0.6 is 0 Å². The van der Waals surface area contributed by atoms with Gasteiger partial charge in [0.15, 0.2) is 12.4 Å². The van der Waals surface area contributed by atoms with Crippen molar-refractivity contribution < 1.29 is 9.53 Å². The number of aromatic nitrogens is 4. The van der Waals surface area contributed by atoms with E-state index in [1.807, 2.05) is 43.3 Å². The van der Waals surface area contributed by atoms with Crippen LogP contribution in [0.25, 0.3) is 5.69 Å². The van der Waals surface area contributed by atoms with Gasteiger partial charge in [0.25, 0.3) is 0 Å². The second-order valence-corrected chi connectivity index (χ2v) is 3.84. The average Bonchev–Trinajstić information content (AvgIpc) is 2.95. The molecule has 0 atom stereocenters. The molecule has 2 aromatic rings. The number of carbonyl (C=O) groups excluding carboxylic acids is 1. The van der Waals surface area contributed by atoms with E-state index in [-0.39, 0.29) is 6.61 Å². The van der Waals surface area contributed by atoms with Gasteiger partial charge in [-0.1, -0.05) is 36.4 Å².